The number of benzene rings is 2. The maximum Gasteiger partial charge on any atom is 0.238 e. The minimum atomic E-state index is -3.72. The molecule has 0 aliphatic carbocycles. The van der Waals surface area contributed by atoms with Crippen molar-refractivity contribution >= 4 is 43.2 Å². The third-order valence-electron chi connectivity index (χ3n) is 2.76. The normalized spacial score (nSPS) is 11.4. The predicted octanol–water partition coefficient (Wildman–Crippen LogP) is 3.07. The van der Waals surface area contributed by atoms with Crippen LogP contribution < -0.4 is 10.5 Å². The van der Waals surface area contributed by atoms with Crippen LogP contribution in [-0.4, -0.2) is 13.5 Å². The van der Waals surface area contributed by atoms with Crippen molar-refractivity contribution in [3.8, 4) is 5.75 Å². The van der Waals surface area contributed by atoms with Crippen molar-refractivity contribution in [1.82, 2.24) is 0 Å². The summed E-state index contributed by atoms with van der Waals surface area (Å²) in [7, 11) is -3.72. The van der Waals surface area contributed by atoms with Crippen LogP contribution in [0.5, 0.6) is 5.75 Å². The molecule has 0 fully saturated rings. The van der Waals surface area contributed by atoms with Crippen molar-refractivity contribution in [2.75, 3.05) is 5.32 Å². The molecule has 0 atom stereocenters. The van der Waals surface area contributed by atoms with Gasteiger partial charge in [-0.3, -0.25) is 0 Å². The number of phenolic OH excluding ortho intramolecular Hbond substituents is 1. The van der Waals surface area contributed by atoms with Gasteiger partial charge < -0.3 is 10.4 Å². The summed E-state index contributed by atoms with van der Waals surface area (Å²) in [4.78, 5) is 0.0348. The van der Waals surface area contributed by atoms with Gasteiger partial charge in [-0.15, -0.1) is 0 Å². The van der Waals surface area contributed by atoms with Gasteiger partial charge in [0.15, 0.2) is 0 Å². The van der Waals surface area contributed by atoms with E-state index in [0.717, 1.165) is 5.56 Å². The van der Waals surface area contributed by atoms with Crippen molar-refractivity contribution in [2.45, 2.75) is 11.4 Å². The summed E-state index contributed by atoms with van der Waals surface area (Å²) in [5, 5.41) is 17.8. The molecule has 0 amide bonds. The fourth-order valence-electron chi connectivity index (χ4n) is 1.67. The standard InChI is InChI=1S/C13H12BrClN2O3S/c14-10-6-9(21(16,19)20)2-3-12(10)17-7-8-1-4-13(18)11(15)5-8/h1-6,17-18H,7H2,(H2,16,19,20). The van der Waals surface area contributed by atoms with E-state index in [4.69, 9.17) is 16.7 Å². The summed E-state index contributed by atoms with van der Waals surface area (Å²) in [6.45, 7) is 0.466. The molecule has 0 saturated carbocycles. The first-order valence-electron chi connectivity index (χ1n) is 5.81. The van der Waals surface area contributed by atoms with Gasteiger partial charge in [-0.25, -0.2) is 13.6 Å². The van der Waals surface area contributed by atoms with Crippen LogP contribution in [0.1, 0.15) is 5.56 Å². The van der Waals surface area contributed by atoms with Crippen molar-refractivity contribution in [2.24, 2.45) is 5.14 Å². The van der Waals surface area contributed by atoms with Crippen LogP contribution in [0.25, 0.3) is 0 Å². The van der Waals surface area contributed by atoms with Crippen molar-refractivity contribution in [3.63, 3.8) is 0 Å². The SMILES string of the molecule is NS(=O)(=O)c1ccc(NCc2ccc(O)c(Cl)c2)c(Br)c1. The number of hydrogen-bond acceptors (Lipinski definition) is 4. The van der Waals surface area contributed by atoms with Crippen molar-refractivity contribution in [3.05, 3.63) is 51.5 Å². The van der Waals surface area contributed by atoms with Crippen LogP contribution in [0.2, 0.25) is 5.02 Å². The molecule has 0 bridgehead atoms. The summed E-state index contributed by atoms with van der Waals surface area (Å²) in [5.74, 6) is 0.0269. The van der Waals surface area contributed by atoms with Gasteiger partial charge in [-0.05, 0) is 51.8 Å². The summed E-state index contributed by atoms with van der Waals surface area (Å²) < 4.78 is 23.1. The zero-order valence-corrected chi connectivity index (χ0v) is 13.8. The molecule has 2 rings (SSSR count). The first kappa shape index (κ1) is 16.1. The Labute approximate surface area is 135 Å². The Balaban J connectivity index is 2.15. The number of hydrogen-bond donors (Lipinski definition) is 3. The lowest BCUT2D eigenvalue weighted by Gasteiger charge is -2.10. The topological polar surface area (TPSA) is 92.4 Å². The lowest BCUT2D eigenvalue weighted by molar-refractivity contribution is 0.475. The highest BCUT2D eigenvalue weighted by molar-refractivity contribution is 9.10. The van der Waals surface area contributed by atoms with Gasteiger partial charge in [-0.2, -0.15) is 0 Å². The zero-order valence-electron chi connectivity index (χ0n) is 10.7. The van der Waals surface area contributed by atoms with Crippen LogP contribution >= 0.6 is 27.5 Å². The largest absolute Gasteiger partial charge is 0.506 e. The van der Waals surface area contributed by atoms with E-state index in [9.17, 15) is 13.5 Å². The number of rotatable bonds is 4. The number of halogens is 2. The average Bonchev–Trinajstić information content (AvgIpc) is 2.40. The van der Waals surface area contributed by atoms with Gasteiger partial charge in [0.25, 0.3) is 0 Å². The molecule has 0 aromatic heterocycles. The second-order valence-electron chi connectivity index (χ2n) is 4.33. The van der Waals surface area contributed by atoms with Crippen LogP contribution in [-0.2, 0) is 16.6 Å². The van der Waals surface area contributed by atoms with Gasteiger partial charge in [0.05, 0.1) is 9.92 Å². The Morgan fingerprint density at radius 2 is 1.95 bits per heavy atom. The first-order chi connectivity index (χ1) is 9.77. The van der Waals surface area contributed by atoms with Crippen molar-refractivity contribution < 1.29 is 13.5 Å². The Kier molecular flexibility index (Phi) is 4.77. The molecule has 112 valence electrons. The molecule has 0 aliphatic heterocycles. The minimum Gasteiger partial charge on any atom is -0.506 e. The fourth-order valence-corrected chi connectivity index (χ4v) is 3.09. The molecule has 0 heterocycles. The second kappa shape index (κ2) is 6.23. The van der Waals surface area contributed by atoms with E-state index in [-0.39, 0.29) is 15.7 Å². The quantitative estimate of drug-likeness (QED) is 0.747. The van der Waals surface area contributed by atoms with Crippen LogP contribution in [0.15, 0.2) is 45.8 Å². The summed E-state index contributed by atoms with van der Waals surface area (Å²) in [6, 6.07) is 9.37. The number of sulfonamides is 1. The lowest BCUT2D eigenvalue weighted by atomic mass is 10.2. The van der Waals surface area contributed by atoms with Gasteiger partial charge in [-0.1, -0.05) is 17.7 Å². The lowest BCUT2D eigenvalue weighted by Crippen LogP contribution is -2.12. The molecule has 5 nitrogen and oxygen atoms in total. The average molecular weight is 392 g/mol. The predicted molar refractivity (Wildman–Crippen MR) is 86.0 cm³/mol. The van der Waals surface area contributed by atoms with E-state index in [1.165, 1.54) is 18.2 Å². The number of nitrogens with two attached hydrogens (primary N) is 1. The van der Waals surface area contributed by atoms with E-state index >= 15 is 0 Å². The highest BCUT2D eigenvalue weighted by atomic mass is 79.9. The van der Waals surface area contributed by atoms with Crippen LogP contribution in [0, 0.1) is 0 Å². The molecule has 0 aliphatic rings. The number of nitrogens with one attached hydrogen (secondary N) is 1. The molecule has 2 aromatic carbocycles. The minimum absolute atomic E-state index is 0.0269. The highest BCUT2D eigenvalue weighted by Gasteiger charge is 2.10. The maximum absolute atomic E-state index is 11.2. The van der Waals surface area contributed by atoms with Crippen molar-refractivity contribution in [1.29, 1.82) is 0 Å². The Morgan fingerprint density at radius 1 is 1.24 bits per heavy atom. The summed E-state index contributed by atoms with van der Waals surface area (Å²) in [5.41, 5.74) is 1.59. The second-order valence-corrected chi connectivity index (χ2v) is 7.15. The van der Waals surface area contributed by atoms with Crippen LogP contribution in [0.3, 0.4) is 0 Å². The molecular weight excluding hydrogens is 380 g/mol. The molecule has 2 aromatic rings. The van der Waals surface area contributed by atoms with E-state index < -0.39 is 10.0 Å². The van der Waals surface area contributed by atoms with E-state index in [0.29, 0.717) is 16.7 Å². The van der Waals surface area contributed by atoms with Crippen LogP contribution in [0.4, 0.5) is 5.69 Å². The molecule has 0 unspecified atom stereocenters. The van der Waals surface area contributed by atoms with E-state index in [1.807, 2.05) is 0 Å². The zero-order chi connectivity index (χ0) is 15.6. The molecule has 0 spiro atoms. The third-order valence-corrected chi connectivity index (χ3v) is 4.63. The third kappa shape index (κ3) is 4.10. The summed E-state index contributed by atoms with van der Waals surface area (Å²) in [6.07, 6.45) is 0. The smallest absolute Gasteiger partial charge is 0.238 e. The number of anilines is 1. The molecule has 0 radical (unpaired) electrons. The van der Waals surface area contributed by atoms with Gasteiger partial charge in [0, 0.05) is 16.7 Å². The molecule has 8 heteroatoms. The molecular formula is C13H12BrClN2O3S. The highest BCUT2D eigenvalue weighted by Crippen LogP contribution is 2.27. The first-order valence-corrected chi connectivity index (χ1v) is 8.53. The fraction of sp³-hybridized carbons (Fsp3) is 0.0769. The Hall–Kier alpha value is -1.28. The molecule has 0 saturated heterocycles. The summed E-state index contributed by atoms with van der Waals surface area (Å²) >= 11 is 9.12. The van der Waals surface area contributed by atoms with E-state index in [2.05, 4.69) is 21.2 Å². The Morgan fingerprint density at radius 3 is 2.52 bits per heavy atom. The molecule has 4 N–H and O–H groups in total. The number of phenols is 1. The number of aromatic hydroxyl groups is 1. The van der Waals surface area contributed by atoms with Gasteiger partial charge in [0.1, 0.15) is 5.75 Å². The number of primary sulfonamides is 1. The molecule has 21 heavy (non-hydrogen) atoms. The van der Waals surface area contributed by atoms with E-state index in [1.54, 1.807) is 18.2 Å². The monoisotopic (exact) mass is 390 g/mol. The Bertz CT molecular complexity index is 781. The maximum atomic E-state index is 11.2. The van der Waals surface area contributed by atoms with Gasteiger partial charge in [0.2, 0.25) is 10.0 Å². The van der Waals surface area contributed by atoms with Gasteiger partial charge >= 0.3 is 0 Å².